The summed E-state index contributed by atoms with van der Waals surface area (Å²) >= 11 is 7.52. The van der Waals surface area contributed by atoms with Crippen molar-refractivity contribution in [3.05, 3.63) is 56.4 Å². The molecule has 2 aromatic heterocycles. The van der Waals surface area contributed by atoms with Gasteiger partial charge in [-0.2, -0.15) is 0 Å². The van der Waals surface area contributed by atoms with Gasteiger partial charge < -0.3 is 18.9 Å². The molecule has 0 radical (unpaired) electrons. The number of para-hydroxylation sites is 1. The average molecular weight is 474 g/mol. The lowest BCUT2D eigenvalue weighted by molar-refractivity contribution is -0.0452. The molecular weight excluding hydrogens is 450 g/mol. The number of aryl methyl sites for hydroxylation is 2. The van der Waals surface area contributed by atoms with Crippen molar-refractivity contribution in [2.75, 3.05) is 19.7 Å². The molecule has 0 saturated carbocycles. The van der Waals surface area contributed by atoms with Crippen LogP contribution in [0.5, 0.6) is 5.75 Å². The molecule has 5 rings (SSSR count). The number of ether oxygens (including phenoxy) is 2. The number of likely N-dealkylation sites (tertiary alicyclic amines) is 1. The summed E-state index contributed by atoms with van der Waals surface area (Å²) in [5.74, 6) is 0.587. The van der Waals surface area contributed by atoms with E-state index in [9.17, 15) is 9.59 Å². The molecule has 0 unspecified atom stereocenters. The number of hydrogen-bond donors (Lipinski definition) is 0. The van der Waals surface area contributed by atoms with Crippen LogP contribution in [0.3, 0.4) is 0 Å². The van der Waals surface area contributed by atoms with Crippen molar-refractivity contribution >= 4 is 39.1 Å². The number of halogens is 1. The van der Waals surface area contributed by atoms with Crippen LogP contribution in [0.4, 0.5) is 0 Å². The van der Waals surface area contributed by atoms with E-state index in [1.807, 2.05) is 30.0 Å². The van der Waals surface area contributed by atoms with E-state index >= 15 is 0 Å². The maximum Gasteiger partial charge on any atom is 0.264 e. The van der Waals surface area contributed by atoms with E-state index in [2.05, 4.69) is 4.98 Å². The molecule has 1 spiro atoms. The first-order chi connectivity index (χ1) is 15.4. The third-order valence-electron chi connectivity index (χ3n) is 6.34. The van der Waals surface area contributed by atoms with E-state index in [-0.39, 0.29) is 17.6 Å². The largest absolute Gasteiger partial charge is 0.486 e. The lowest BCUT2D eigenvalue weighted by atomic mass is 9.89. The number of nitrogens with zero attached hydrogens (tertiary/aromatic N) is 3. The van der Waals surface area contributed by atoms with Crippen LogP contribution in [-0.4, -0.2) is 51.8 Å². The molecule has 0 aliphatic carbocycles. The molecule has 1 aromatic carbocycles. The summed E-state index contributed by atoms with van der Waals surface area (Å²) in [6.45, 7) is 3.47. The first-order valence-corrected chi connectivity index (χ1v) is 11.9. The molecule has 0 bridgehead atoms. The molecule has 0 N–H and O–H groups in total. The van der Waals surface area contributed by atoms with Gasteiger partial charge in [0.1, 0.15) is 16.7 Å². The minimum atomic E-state index is -0.418. The molecule has 9 heteroatoms. The van der Waals surface area contributed by atoms with E-state index < -0.39 is 5.60 Å². The predicted molar refractivity (Wildman–Crippen MR) is 124 cm³/mol. The Morgan fingerprint density at radius 3 is 3.00 bits per heavy atom. The van der Waals surface area contributed by atoms with E-state index in [1.54, 1.807) is 13.1 Å². The number of aromatic nitrogens is 2. The maximum absolute atomic E-state index is 13.4. The number of carbonyl (C=O) groups is 1. The van der Waals surface area contributed by atoms with Crippen molar-refractivity contribution in [2.45, 2.75) is 37.9 Å². The Morgan fingerprint density at radius 2 is 2.19 bits per heavy atom. The van der Waals surface area contributed by atoms with Crippen LogP contribution < -0.4 is 10.3 Å². The zero-order chi connectivity index (χ0) is 22.5. The zero-order valence-electron chi connectivity index (χ0n) is 18.0. The van der Waals surface area contributed by atoms with Gasteiger partial charge in [0, 0.05) is 20.0 Å². The quantitative estimate of drug-likeness (QED) is 0.578. The Balaban J connectivity index is 1.34. The monoisotopic (exact) mass is 473 g/mol. The summed E-state index contributed by atoms with van der Waals surface area (Å²) in [7, 11) is 1.67. The van der Waals surface area contributed by atoms with E-state index in [1.165, 1.54) is 22.2 Å². The highest BCUT2D eigenvalue weighted by Gasteiger charge is 2.46. The molecule has 168 valence electrons. The minimum absolute atomic E-state index is 0.0642. The number of hydrogen-bond acceptors (Lipinski definition) is 6. The Labute approximate surface area is 194 Å². The first-order valence-electron chi connectivity index (χ1n) is 10.7. The van der Waals surface area contributed by atoms with Crippen LogP contribution in [0.1, 0.15) is 34.5 Å². The van der Waals surface area contributed by atoms with Crippen molar-refractivity contribution in [1.29, 1.82) is 0 Å². The van der Waals surface area contributed by atoms with Gasteiger partial charge in [0.25, 0.3) is 11.5 Å². The van der Waals surface area contributed by atoms with Crippen LogP contribution in [0, 0.1) is 6.92 Å². The molecule has 32 heavy (non-hydrogen) atoms. The predicted octanol–water partition coefficient (Wildman–Crippen LogP) is 3.80. The number of thiophene rings is 1. The smallest absolute Gasteiger partial charge is 0.264 e. The van der Waals surface area contributed by atoms with Crippen LogP contribution >= 0.6 is 22.9 Å². The standard InChI is InChI=1S/C23H24ClN3O4S/c1-14-18-20(25-13-26(2)21(18)28)32-19(14)22(29)27-9-5-8-23(12-27)10-15(11-30-23)31-17-7-4-3-6-16(17)24/h3-4,6-7,13,15H,5,8-12H2,1-2H3/t15-,23-/m1/s1. The molecule has 2 atom stereocenters. The second-order valence-corrected chi connectivity index (χ2v) is 10.0. The number of carbonyl (C=O) groups excluding carboxylic acids is 1. The maximum atomic E-state index is 13.4. The van der Waals surface area contributed by atoms with Gasteiger partial charge in [0.15, 0.2) is 0 Å². The molecule has 1 amide bonds. The Hall–Kier alpha value is -2.42. The van der Waals surface area contributed by atoms with Gasteiger partial charge in [-0.25, -0.2) is 4.98 Å². The number of piperidine rings is 1. The van der Waals surface area contributed by atoms with Crippen molar-refractivity contribution in [2.24, 2.45) is 7.05 Å². The van der Waals surface area contributed by atoms with Gasteiger partial charge in [-0.15, -0.1) is 11.3 Å². The molecule has 3 aromatic rings. The number of benzene rings is 1. The summed E-state index contributed by atoms with van der Waals surface area (Å²) < 4.78 is 13.8. The van der Waals surface area contributed by atoms with Gasteiger partial charge in [-0.05, 0) is 37.5 Å². The number of fused-ring (bicyclic) bond motifs is 1. The topological polar surface area (TPSA) is 73.7 Å². The van der Waals surface area contributed by atoms with Gasteiger partial charge in [-0.3, -0.25) is 9.59 Å². The summed E-state index contributed by atoms with van der Waals surface area (Å²) in [5, 5.41) is 1.11. The SMILES string of the molecule is Cc1c(C(=O)N2CCC[C@@]3(C[C@@H](Oc4ccccc4Cl)CO3)C2)sc2ncn(C)c(=O)c12. The number of rotatable bonds is 3. The van der Waals surface area contributed by atoms with Gasteiger partial charge in [-0.1, -0.05) is 23.7 Å². The Morgan fingerprint density at radius 1 is 1.38 bits per heavy atom. The second kappa shape index (κ2) is 8.17. The molecule has 4 heterocycles. The molecule has 2 saturated heterocycles. The van der Waals surface area contributed by atoms with Gasteiger partial charge >= 0.3 is 0 Å². The fourth-order valence-corrected chi connectivity index (χ4v) is 6.00. The van der Waals surface area contributed by atoms with Crippen molar-refractivity contribution in [3.63, 3.8) is 0 Å². The highest BCUT2D eigenvalue weighted by molar-refractivity contribution is 7.20. The van der Waals surface area contributed by atoms with Crippen molar-refractivity contribution in [3.8, 4) is 5.75 Å². The molecule has 2 aliphatic heterocycles. The summed E-state index contributed by atoms with van der Waals surface area (Å²) in [6, 6.07) is 7.42. The van der Waals surface area contributed by atoms with E-state index in [0.717, 1.165) is 12.8 Å². The fourth-order valence-electron chi connectivity index (χ4n) is 4.71. The third-order valence-corrected chi connectivity index (χ3v) is 7.84. The van der Waals surface area contributed by atoms with E-state index in [0.29, 0.717) is 57.5 Å². The summed E-state index contributed by atoms with van der Waals surface area (Å²) in [5.41, 5.74) is 0.158. The van der Waals surface area contributed by atoms with Crippen molar-refractivity contribution in [1.82, 2.24) is 14.5 Å². The molecular formula is C23H24ClN3O4S. The molecule has 7 nitrogen and oxygen atoms in total. The first kappa shape index (κ1) is 21.4. The van der Waals surface area contributed by atoms with Crippen molar-refractivity contribution < 1.29 is 14.3 Å². The van der Waals surface area contributed by atoms with Crippen LogP contribution in [0.2, 0.25) is 5.02 Å². The minimum Gasteiger partial charge on any atom is -0.486 e. The highest BCUT2D eigenvalue weighted by Crippen LogP contribution is 2.38. The summed E-state index contributed by atoms with van der Waals surface area (Å²) in [6.07, 6.45) is 3.83. The highest BCUT2D eigenvalue weighted by atomic mass is 35.5. The Kier molecular flexibility index (Phi) is 5.47. The number of amides is 1. The molecule has 2 aliphatic rings. The zero-order valence-corrected chi connectivity index (χ0v) is 19.5. The van der Waals surface area contributed by atoms with Crippen LogP contribution in [0.25, 0.3) is 10.2 Å². The average Bonchev–Trinajstić information content (AvgIpc) is 3.33. The Bertz CT molecular complexity index is 1260. The van der Waals surface area contributed by atoms with Gasteiger partial charge in [0.2, 0.25) is 0 Å². The van der Waals surface area contributed by atoms with Crippen LogP contribution in [-0.2, 0) is 11.8 Å². The van der Waals surface area contributed by atoms with E-state index in [4.69, 9.17) is 21.1 Å². The second-order valence-electron chi connectivity index (χ2n) is 8.60. The molecule has 2 fully saturated rings. The fraction of sp³-hybridized carbons (Fsp3) is 0.435. The summed E-state index contributed by atoms with van der Waals surface area (Å²) in [4.78, 5) is 33.3. The normalized spacial score (nSPS) is 23.2. The third kappa shape index (κ3) is 3.70. The lowest BCUT2D eigenvalue weighted by Gasteiger charge is -2.39. The van der Waals surface area contributed by atoms with Gasteiger partial charge in [0.05, 0.1) is 40.4 Å². The lowest BCUT2D eigenvalue weighted by Crippen LogP contribution is -2.50. The van der Waals surface area contributed by atoms with Crippen LogP contribution in [0.15, 0.2) is 35.4 Å².